The van der Waals surface area contributed by atoms with Crippen molar-refractivity contribution in [2.45, 2.75) is 32.6 Å². The van der Waals surface area contributed by atoms with Crippen molar-refractivity contribution in [1.29, 1.82) is 0 Å². The van der Waals surface area contributed by atoms with Gasteiger partial charge in [0, 0.05) is 16.1 Å². The lowest BCUT2D eigenvalue weighted by molar-refractivity contribution is -0.143. The van der Waals surface area contributed by atoms with Crippen molar-refractivity contribution in [3.8, 4) is 0 Å². The molecule has 0 aromatic heterocycles. The maximum Gasteiger partial charge on any atom is 0.306 e. The van der Waals surface area contributed by atoms with Crippen LogP contribution in [0.1, 0.15) is 31.2 Å². The maximum atomic E-state index is 12.2. The molecule has 0 saturated heterocycles. The van der Waals surface area contributed by atoms with Gasteiger partial charge in [-0.3, -0.25) is 9.59 Å². The topological polar surface area (TPSA) is 66.4 Å². The fourth-order valence-electron chi connectivity index (χ4n) is 2.66. The van der Waals surface area contributed by atoms with Crippen LogP contribution in [0.15, 0.2) is 22.7 Å². The summed E-state index contributed by atoms with van der Waals surface area (Å²) in [4.78, 5) is 23.1. The van der Waals surface area contributed by atoms with E-state index in [1.807, 2.05) is 25.1 Å². The Morgan fingerprint density at radius 3 is 2.30 bits per heavy atom. The molecule has 108 valence electrons. The van der Waals surface area contributed by atoms with Gasteiger partial charge in [0.25, 0.3) is 0 Å². The summed E-state index contributed by atoms with van der Waals surface area (Å²) in [5.74, 6) is -1.12. The first kappa shape index (κ1) is 15.0. The average molecular weight is 340 g/mol. The minimum Gasteiger partial charge on any atom is -0.481 e. The van der Waals surface area contributed by atoms with Crippen LogP contribution in [0.3, 0.4) is 0 Å². The van der Waals surface area contributed by atoms with Crippen molar-refractivity contribution in [3.63, 3.8) is 0 Å². The lowest BCUT2D eigenvalue weighted by Gasteiger charge is -2.25. The number of hydrogen-bond acceptors (Lipinski definition) is 2. The number of amides is 1. The number of hydrogen-bond donors (Lipinski definition) is 2. The predicted octanol–water partition coefficient (Wildman–Crippen LogP) is 3.59. The number of carbonyl (C=O) groups excluding carboxylic acids is 1. The summed E-state index contributed by atoms with van der Waals surface area (Å²) in [7, 11) is 0. The molecule has 1 amide bonds. The Hall–Kier alpha value is -1.36. The van der Waals surface area contributed by atoms with Gasteiger partial charge in [-0.2, -0.15) is 0 Å². The molecule has 2 N–H and O–H groups in total. The highest BCUT2D eigenvalue weighted by molar-refractivity contribution is 9.10. The number of halogens is 1. The number of nitrogens with one attached hydrogen (secondary N) is 1. The third-order valence-electron chi connectivity index (χ3n) is 3.76. The van der Waals surface area contributed by atoms with Crippen LogP contribution in [0.2, 0.25) is 0 Å². The van der Waals surface area contributed by atoms with E-state index >= 15 is 0 Å². The number of rotatable bonds is 3. The molecule has 2 rings (SSSR count). The number of anilines is 1. The minimum absolute atomic E-state index is 0.00802. The third kappa shape index (κ3) is 3.82. The first-order chi connectivity index (χ1) is 9.45. The molecule has 1 fully saturated rings. The van der Waals surface area contributed by atoms with E-state index in [1.165, 1.54) is 0 Å². The number of aliphatic carboxylic acids is 1. The van der Waals surface area contributed by atoms with Gasteiger partial charge < -0.3 is 10.4 Å². The molecule has 0 bridgehead atoms. The number of carbonyl (C=O) groups is 2. The molecule has 0 radical (unpaired) electrons. The van der Waals surface area contributed by atoms with E-state index in [1.54, 1.807) is 0 Å². The molecule has 0 spiro atoms. The summed E-state index contributed by atoms with van der Waals surface area (Å²) in [6.45, 7) is 1.97. The van der Waals surface area contributed by atoms with Crippen LogP contribution in [0.5, 0.6) is 0 Å². The Labute approximate surface area is 126 Å². The molecular weight excluding hydrogens is 322 g/mol. The summed E-state index contributed by atoms with van der Waals surface area (Å²) < 4.78 is 0.933. The average Bonchev–Trinajstić information content (AvgIpc) is 2.37. The minimum atomic E-state index is -0.744. The van der Waals surface area contributed by atoms with Crippen LogP contribution < -0.4 is 5.32 Å². The van der Waals surface area contributed by atoms with Crippen LogP contribution in [0, 0.1) is 18.8 Å². The number of carboxylic acid groups (broad SMARTS) is 1. The molecule has 1 aliphatic carbocycles. The Kier molecular flexibility index (Phi) is 4.81. The highest BCUT2D eigenvalue weighted by Gasteiger charge is 2.29. The predicted molar refractivity (Wildman–Crippen MR) is 80.6 cm³/mol. The van der Waals surface area contributed by atoms with Gasteiger partial charge in [-0.25, -0.2) is 0 Å². The Morgan fingerprint density at radius 1 is 1.15 bits per heavy atom. The van der Waals surface area contributed by atoms with Crippen molar-refractivity contribution in [2.75, 3.05) is 5.32 Å². The quantitative estimate of drug-likeness (QED) is 0.884. The SMILES string of the molecule is Cc1cc(Br)cc(NC(=O)C2CCC(C(=O)O)CC2)c1. The van der Waals surface area contributed by atoms with Gasteiger partial charge in [0.2, 0.25) is 5.91 Å². The van der Waals surface area contributed by atoms with E-state index in [4.69, 9.17) is 5.11 Å². The molecule has 0 heterocycles. The maximum absolute atomic E-state index is 12.2. The number of aryl methyl sites for hydroxylation is 1. The van der Waals surface area contributed by atoms with Crippen LogP contribution in [-0.2, 0) is 9.59 Å². The first-order valence-electron chi connectivity index (χ1n) is 6.76. The van der Waals surface area contributed by atoms with Crippen molar-refractivity contribution in [2.24, 2.45) is 11.8 Å². The Balaban J connectivity index is 1.94. The first-order valence-corrected chi connectivity index (χ1v) is 7.56. The monoisotopic (exact) mass is 339 g/mol. The zero-order valence-corrected chi connectivity index (χ0v) is 12.9. The molecule has 4 nitrogen and oxygen atoms in total. The van der Waals surface area contributed by atoms with E-state index < -0.39 is 5.97 Å². The zero-order valence-electron chi connectivity index (χ0n) is 11.4. The second kappa shape index (κ2) is 6.39. The second-order valence-electron chi connectivity index (χ2n) is 5.39. The molecule has 1 aromatic carbocycles. The Bertz CT molecular complexity index is 502. The van der Waals surface area contributed by atoms with Crippen LogP contribution in [0.25, 0.3) is 0 Å². The van der Waals surface area contributed by atoms with Gasteiger partial charge in [-0.15, -0.1) is 0 Å². The molecule has 1 saturated carbocycles. The summed E-state index contributed by atoms with van der Waals surface area (Å²) in [6, 6.07) is 5.77. The third-order valence-corrected chi connectivity index (χ3v) is 4.21. The largest absolute Gasteiger partial charge is 0.481 e. The fourth-order valence-corrected chi connectivity index (χ4v) is 3.26. The lowest BCUT2D eigenvalue weighted by Crippen LogP contribution is -2.29. The zero-order chi connectivity index (χ0) is 14.7. The van der Waals surface area contributed by atoms with Gasteiger partial charge in [-0.05, 0) is 56.4 Å². The molecule has 20 heavy (non-hydrogen) atoms. The van der Waals surface area contributed by atoms with Gasteiger partial charge in [0.15, 0.2) is 0 Å². The van der Waals surface area contributed by atoms with Gasteiger partial charge >= 0.3 is 5.97 Å². The summed E-state index contributed by atoms with van der Waals surface area (Å²) in [6.07, 6.45) is 2.47. The Morgan fingerprint density at radius 2 is 1.75 bits per heavy atom. The van der Waals surface area contributed by atoms with Gasteiger partial charge in [0.05, 0.1) is 5.92 Å². The van der Waals surface area contributed by atoms with Crippen molar-refractivity contribution >= 4 is 33.5 Å². The number of carboxylic acids is 1. The second-order valence-corrected chi connectivity index (χ2v) is 6.31. The molecule has 0 unspecified atom stereocenters. The lowest BCUT2D eigenvalue weighted by atomic mass is 9.81. The van der Waals surface area contributed by atoms with Crippen molar-refractivity contribution in [1.82, 2.24) is 0 Å². The fraction of sp³-hybridized carbons (Fsp3) is 0.467. The van der Waals surface area contributed by atoms with Crippen LogP contribution in [-0.4, -0.2) is 17.0 Å². The number of benzene rings is 1. The van der Waals surface area contributed by atoms with E-state index in [2.05, 4.69) is 21.2 Å². The molecule has 5 heteroatoms. The van der Waals surface area contributed by atoms with Crippen molar-refractivity contribution in [3.05, 3.63) is 28.2 Å². The summed E-state index contributed by atoms with van der Waals surface area (Å²) in [5, 5.41) is 11.9. The van der Waals surface area contributed by atoms with Crippen LogP contribution >= 0.6 is 15.9 Å². The molecule has 0 aliphatic heterocycles. The van der Waals surface area contributed by atoms with Gasteiger partial charge in [0.1, 0.15) is 0 Å². The van der Waals surface area contributed by atoms with E-state index in [9.17, 15) is 9.59 Å². The van der Waals surface area contributed by atoms with E-state index in [-0.39, 0.29) is 17.7 Å². The molecule has 0 atom stereocenters. The van der Waals surface area contributed by atoms with Crippen LogP contribution in [0.4, 0.5) is 5.69 Å². The summed E-state index contributed by atoms with van der Waals surface area (Å²) >= 11 is 3.41. The smallest absolute Gasteiger partial charge is 0.306 e. The highest BCUT2D eigenvalue weighted by atomic mass is 79.9. The molecular formula is C15H18BrNO3. The molecule has 1 aromatic rings. The van der Waals surface area contributed by atoms with E-state index in [0.717, 1.165) is 15.7 Å². The molecule has 1 aliphatic rings. The van der Waals surface area contributed by atoms with Crippen molar-refractivity contribution < 1.29 is 14.7 Å². The summed E-state index contributed by atoms with van der Waals surface area (Å²) in [5.41, 5.74) is 1.85. The highest BCUT2D eigenvalue weighted by Crippen LogP contribution is 2.30. The van der Waals surface area contributed by atoms with E-state index in [0.29, 0.717) is 25.7 Å². The van der Waals surface area contributed by atoms with Gasteiger partial charge in [-0.1, -0.05) is 15.9 Å². The standard InChI is InChI=1S/C15H18BrNO3/c1-9-6-12(16)8-13(7-9)17-14(18)10-2-4-11(5-3-10)15(19)20/h6-8,10-11H,2-5H2,1H3,(H,17,18)(H,19,20). The normalized spacial score (nSPS) is 22.3.